The number of methoxy groups -OCH3 is 1. The Morgan fingerprint density at radius 2 is 2.05 bits per heavy atom. The first-order valence-corrected chi connectivity index (χ1v) is 6.14. The van der Waals surface area contributed by atoms with Crippen molar-refractivity contribution in [3.05, 3.63) is 52.8 Å². The Balaban J connectivity index is 1.95. The number of hydrogen-bond donors (Lipinski definition) is 2. The van der Waals surface area contributed by atoms with Crippen LogP contribution in [0.5, 0.6) is 0 Å². The number of nitrogens with one attached hydrogen (secondary N) is 2. The summed E-state index contributed by atoms with van der Waals surface area (Å²) >= 11 is 0. The van der Waals surface area contributed by atoms with Crippen LogP contribution in [0, 0.1) is 6.92 Å². The number of hydrogen-bond acceptors (Lipinski definition) is 5. The highest BCUT2D eigenvalue weighted by atomic mass is 16.5. The van der Waals surface area contributed by atoms with E-state index in [1.807, 2.05) is 0 Å². The lowest BCUT2D eigenvalue weighted by molar-refractivity contribution is 0.0600. The Morgan fingerprint density at radius 1 is 1.33 bits per heavy atom. The van der Waals surface area contributed by atoms with Gasteiger partial charge >= 0.3 is 5.97 Å². The average Bonchev–Trinajstić information content (AvgIpc) is 2.94. The van der Waals surface area contributed by atoms with Crippen LogP contribution in [-0.2, 0) is 4.74 Å². The molecule has 1 aromatic carbocycles. The van der Waals surface area contributed by atoms with Crippen LogP contribution < -0.4 is 5.43 Å². The summed E-state index contributed by atoms with van der Waals surface area (Å²) in [7, 11) is 1.32. The molecular weight excluding hydrogens is 272 g/mol. The van der Waals surface area contributed by atoms with Crippen LogP contribution in [0.4, 0.5) is 0 Å². The van der Waals surface area contributed by atoms with Crippen molar-refractivity contribution in [1.29, 1.82) is 0 Å². The smallest absolute Gasteiger partial charge is 0.337 e. The van der Waals surface area contributed by atoms with Gasteiger partial charge in [0.1, 0.15) is 0 Å². The second-order valence-corrected chi connectivity index (χ2v) is 4.25. The minimum absolute atomic E-state index is 0.269. The summed E-state index contributed by atoms with van der Waals surface area (Å²) in [6.07, 6.45) is 1.47. The molecule has 108 valence electrons. The van der Waals surface area contributed by atoms with Gasteiger partial charge in [-0.05, 0) is 30.7 Å². The van der Waals surface area contributed by atoms with E-state index in [0.717, 1.165) is 11.3 Å². The van der Waals surface area contributed by atoms with E-state index >= 15 is 0 Å². The topological polar surface area (TPSA) is 96.4 Å². The second kappa shape index (κ2) is 6.47. The van der Waals surface area contributed by atoms with Gasteiger partial charge in [0.15, 0.2) is 5.69 Å². The van der Waals surface area contributed by atoms with Crippen molar-refractivity contribution in [2.24, 2.45) is 5.10 Å². The van der Waals surface area contributed by atoms with Gasteiger partial charge in [0, 0.05) is 5.69 Å². The maximum atomic E-state index is 11.7. The number of rotatable bonds is 4. The summed E-state index contributed by atoms with van der Waals surface area (Å²) in [4.78, 5) is 22.9. The predicted molar refractivity (Wildman–Crippen MR) is 76.2 cm³/mol. The first kappa shape index (κ1) is 14.4. The van der Waals surface area contributed by atoms with Gasteiger partial charge in [-0.15, -0.1) is 0 Å². The number of ether oxygens (including phenoxy) is 1. The maximum absolute atomic E-state index is 11.7. The summed E-state index contributed by atoms with van der Waals surface area (Å²) < 4.78 is 4.60. The van der Waals surface area contributed by atoms with Gasteiger partial charge in [0.05, 0.1) is 18.9 Å². The number of hydrazone groups is 1. The molecule has 0 saturated heterocycles. The minimum Gasteiger partial charge on any atom is -0.465 e. The zero-order chi connectivity index (χ0) is 15.2. The summed E-state index contributed by atoms with van der Waals surface area (Å²) in [6.45, 7) is 1.80. The number of carbonyl (C=O) groups is 2. The quantitative estimate of drug-likeness (QED) is 0.502. The van der Waals surface area contributed by atoms with E-state index in [9.17, 15) is 9.59 Å². The Bertz CT molecular complexity index is 674. The molecule has 0 radical (unpaired) electrons. The fraction of sp³-hybridized carbons (Fsp3) is 0.143. The largest absolute Gasteiger partial charge is 0.465 e. The first-order valence-electron chi connectivity index (χ1n) is 6.14. The van der Waals surface area contributed by atoms with Crippen LogP contribution in [0.2, 0.25) is 0 Å². The standard InChI is InChI=1S/C14H14N4O3/c1-9-7-12(17-16-9)13(19)18-15-8-10-3-5-11(6-4-10)14(20)21-2/h3-8H,1-2H3,(H,16,17)(H,18,19). The van der Waals surface area contributed by atoms with Crippen molar-refractivity contribution in [3.8, 4) is 0 Å². The lowest BCUT2D eigenvalue weighted by atomic mass is 10.1. The third-order valence-electron chi connectivity index (χ3n) is 2.65. The number of amides is 1. The number of esters is 1. The number of aromatic nitrogens is 2. The summed E-state index contributed by atoms with van der Waals surface area (Å²) in [5, 5.41) is 10.3. The molecule has 0 unspecified atom stereocenters. The minimum atomic E-state index is -0.402. The molecule has 7 heteroatoms. The molecule has 2 rings (SSSR count). The number of H-pyrrole nitrogens is 1. The first-order chi connectivity index (χ1) is 10.1. The molecule has 0 saturated carbocycles. The van der Waals surface area contributed by atoms with E-state index in [0.29, 0.717) is 5.56 Å². The van der Waals surface area contributed by atoms with Crippen molar-refractivity contribution >= 4 is 18.1 Å². The number of benzene rings is 1. The summed E-state index contributed by atoms with van der Waals surface area (Å²) in [5.74, 6) is -0.803. The lowest BCUT2D eigenvalue weighted by Crippen LogP contribution is -2.18. The predicted octanol–water partition coefficient (Wildman–Crippen LogP) is 1.27. The van der Waals surface area contributed by atoms with Crippen LogP contribution in [0.3, 0.4) is 0 Å². The van der Waals surface area contributed by atoms with Crippen LogP contribution in [0.1, 0.15) is 32.1 Å². The molecule has 0 fully saturated rings. The number of aromatic amines is 1. The molecule has 0 aliphatic rings. The zero-order valence-electron chi connectivity index (χ0n) is 11.6. The fourth-order valence-electron chi connectivity index (χ4n) is 1.58. The van der Waals surface area contributed by atoms with Gasteiger partial charge in [-0.1, -0.05) is 12.1 Å². The average molecular weight is 286 g/mol. The van der Waals surface area contributed by atoms with Gasteiger partial charge in [-0.3, -0.25) is 9.89 Å². The van der Waals surface area contributed by atoms with E-state index < -0.39 is 11.9 Å². The Kier molecular flexibility index (Phi) is 4.45. The number of nitrogens with zero attached hydrogens (tertiary/aromatic N) is 2. The maximum Gasteiger partial charge on any atom is 0.337 e. The molecule has 1 heterocycles. The number of carbonyl (C=O) groups excluding carboxylic acids is 2. The molecule has 0 atom stereocenters. The van der Waals surface area contributed by atoms with Crippen LogP contribution in [0.15, 0.2) is 35.4 Å². The highest BCUT2D eigenvalue weighted by Crippen LogP contribution is 2.04. The van der Waals surface area contributed by atoms with Crippen molar-refractivity contribution in [3.63, 3.8) is 0 Å². The summed E-state index contributed by atoms with van der Waals surface area (Å²) in [5.41, 5.74) is 4.62. The zero-order valence-corrected chi connectivity index (χ0v) is 11.6. The SMILES string of the molecule is COC(=O)c1ccc(C=NNC(=O)c2cc(C)[nH]n2)cc1. The molecule has 2 N–H and O–H groups in total. The Labute approximate surface area is 121 Å². The third kappa shape index (κ3) is 3.75. The van der Waals surface area contributed by atoms with Crippen molar-refractivity contribution in [2.45, 2.75) is 6.92 Å². The Morgan fingerprint density at radius 3 is 2.62 bits per heavy atom. The van der Waals surface area contributed by atoms with Crippen molar-refractivity contribution in [2.75, 3.05) is 7.11 Å². The van der Waals surface area contributed by atoms with Gasteiger partial charge in [0.25, 0.3) is 5.91 Å². The molecule has 0 bridgehead atoms. The lowest BCUT2D eigenvalue weighted by Gasteiger charge is -1.99. The van der Waals surface area contributed by atoms with Gasteiger partial charge in [-0.2, -0.15) is 10.2 Å². The molecule has 1 amide bonds. The molecule has 2 aromatic rings. The van der Waals surface area contributed by atoms with E-state index in [4.69, 9.17) is 0 Å². The second-order valence-electron chi connectivity index (χ2n) is 4.25. The third-order valence-corrected chi connectivity index (χ3v) is 2.65. The van der Waals surface area contributed by atoms with E-state index in [1.54, 1.807) is 37.3 Å². The van der Waals surface area contributed by atoms with Gasteiger partial charge < -0.3 is 4.74 Å². The summed E-state index contributed by atoms with van der Waals surface area (Å²) in [6, 6.07) is 8.25. The van der Waals surface area contributed by atoms with Gasteiger partial charge in [-0.25, -0.2) is 10.2 Å². The highest BCUT2D eigenvalue weighted by molar-refractivity contribution is 5.93. The molecule has 0 aliphatic heterocycles. The molecule has 7 nitrogen and oxygen atoms in total. The molecule has 21 heavy (non-hydrogen) atoms. The molecule has 0 spiro atoms. The normalized spacial score (nSPS) is 10.6. The van der Waals surface area contributed by atoms with Crippen LogP contribution in [-0.4, -0.2) is 35.4 Å². The molecule has 1 aromatic heterocycles. The highest BCUT2D eigenvalue weighted by Gasteiger charge is 2.07. The number of aryl methyl sites for hydroxylation is 1. The molecule has 0 aliphatic carbocycles. The monoisotopic (exact) mass is 286 g/mol. The fourth-order valence-corrected chi connectivity index (χ4v) is 1.58. The van der Waals surface area contributed by atoms with Crippen LogP contribution in [0.25, 0.3) is 0 Å². The van der Waals surface area contributed by atoms with E-state index in [-0.39, 0.29) is 5.69 Å². The van der Waals surface area contributed by atoms with Crippen LogP contribution >= 0.6 is 0 Å². The van der Waals surface area contributed by atoms with Crippen molar-refractivity contribution < 1.29 is 14.3 Å². The van der Waals surface area contributed by atoms with E-state index in [2.05, 4.69) is 25.5 Å². The van der Waals surface area contributed by atoms with Gasteiger partial charge in [0.2, 0.25) is 0 Å². The van der Waals surface area contributed by atoms with Crippen molar-refractivity contribution in [1.82, 2.24) is 15.6 Å². The van der Waals surface area contributed by atoms with E-state index in [1.165, 1.54) is 13.3 Å². The molecular formula is C14H14N4O3. The Hall–Kier alpha value is -2.96.